The fraction of sp³-hybridized carbons (Fsp3) is 0.500. The molecular formula is C26H32Cl2N2O2. The number of likely N-dealkylation sites (tertiary alicyclic amines) is 2. The number of benzene rings is 2. The lowest BCUT2D eigenvalue weighted by atomic mass is 9.94. The maximum absolute atomic E-state index is 11.9. The molecule has 2 aliphatic heterocycles. The predicted octanol–water partition coefficient (Wildman–Crippen LogP) is 5.95. The summed E-state index contributed by atoms with van der Waals surface area (Å²) in [5, 5.41) is 1.10. The van der Waals surface area contributed by atoms with Crippen molar-refractivity contribution in [2.24, 2.45) is 5.92 Å². The molecule has 0 aliphatic carbocycles. The van der Waals surface area contributed by atoms with Crippen LogP contribution in [0.4, 0.5) is 0 Å². The Balaban J connectivity index is 1.19. The summed E-state index contributed by atoms with van der Waals surface area (Å²) in [6.07, 6.45) is 4.78. The largest absolute Gasteiger partial charge is 0.490 e. The zero-order valence-corrected chi connectivity index (χ0v) is 20.2. The van der Waals surface area contributed by atoms with Gasteiger partial charge >= 0.3 is 0 Å². The summed E-state index contributed by atoms with van der Waals surface area (Å²) in [7, 11) is 0. The monoisotopic (exact) mass is 474 g/mol. The Labute approximate surface area is 201 Å². The van der Waals surface area contributed by atoms with Gasteiger partial charge in [-0.2, -0.15) is 0 Å². The first-order valence-corrected chi connectivity index (χ1v) is 12.4. The molecule has 0 bridgehead atoms. The SMILES string of the molecule is CC(=O)c1ccccc1CN1CCC(CN2CCC(Oc3ccc(Cl)c(Cl)c3)CC2)CC1. The Morgan fingerprint density at radius 3 is 2.31 bits per heavy atom. The van der Waals surface area contributed by atoms with Crippen molar-refractivity contribution in [1.82, 2.24) is 9.80 Å². The van der Waals surface area contributed by atoms with Gasteiger partial charge in [0.05, 0.1) is 10.0 Å². The van der Waals surface area contributed by atoms with Crippen LogP contribution in [0, 0.1) is 5.92 Å². The lowest BCUT2D eigenvalue weighted by Crippen LogP contribution is -2.43. The average molecular weight is 475 g/mol. The van der Waals surface area contributed by atoms with Crippen molar-refractivity contribution < 1.29 is 9.53 Å². The zero-order chi connectivity index (χ0) is 22.5. The summed E-state index contributed by atoms with van der Waals surface area (Å²) in [5.74, 6) is 1.71. The van der Waals surface area contributed by atoms with E-state index >= 15 is 0 Å². The molecule has 172 valence electrons. The molecule has 2 aliphatic rings. The number of ether oxygens (including phenoxy) is 1. The third-order valence-corrected chi connectivity index (χ3v) is 7.48. The summed E-state index contributed by atoms with van der Waals surface area (Å²) in [6, 6.07) is 13.5. The highest BCUT2D eigenvalue weighted by molar-refractivity contribution is 6.42. The number of ketones is 1. The molecule has 2 heterocycles. The molecule has 4 rings (SSSR count). The number of Topliss-reactive ketones (excluding diaryl/α,β-unsaturated/α-hetero) is 1. The molecule has 0 unspecified atom stereocenters. The van der Waals surface area contributed by atoms with Crippen molar-refractivity contribution in [1.29, 1.82) is 0 Å². The number of rotatable bonds is 7. The Bertz CT molecular complexity index is 920. The second-order valence-electron chi connectivity index (χ2n) is 9.13. The number of halogens is 2. The molecule has 2 saturated heterocycles. The molecule has 0 amide bonds. The van der Waals surface area contributed by atoms with Gasteiger partial charge in [0, 0.05) is 37.8 Å². The van der Waals surface area contributed by atoms with Gasteiger partial charge in [-0.05, 0) is 69.3 Å². The highest BCUT2D eigenvalue weighted by atomic mass is 35.5. The van der Waals surface area contributed by atoms with E-state index in [0.29, 0.717) is 10.0 Å². The molecule has 2 fully saturated rings. The minimum Gasteiger partial charge on any atom is -0.490 e. The fourth-order valence-corrected chi connectivity index (χ4v) is 5.18. The predicted molar refractivity (Wildman–Crippen MR) is 131 cm³/mol. The van der Waals surface area contributed by atoms with Crippen LogP contribution in [-0.2, 0) is 6.54 Å². The molecular weight excluding hydrogens is 443 g/mol. The molecule has 0 saturated carbocycles. The highest BCUT2D eigenvalue weighted by Crippen LogP contribution is 2.29. The fourth-order valence-electron chi connectivity index (χ4n) is 4.89. The normalized spacial score (nSPS) is 19.2. The Hall–Kier alpha value is -1.59. The first-order valence-electron chi connectivity index (χ1n) is 11.6. The summed E-state index contributed by atoms with van der Waals surface area (Å²) in [6.45, 7) is 8.08. The van der Waals surface area contributed by atoms with E-state index in [2.05, 4.69) is 15.9 Å². The van der Waals surface area contributed by atoms with Crippen molar-refractivity contribution in [3.8, 4) is 5.75 Å². The second-order valence-corrected chi connectivity index (χ2v) is 9.94. The number of carbonyl (C=O) groups is 1. The molecule has 6 heteroatoms. The van der Waals surface area contributed by atoms with E-state index in [-0.39, 0.29) is 11.9 Å². The summed E-state index contributed by atoms with van der Waals surface area (Å²) in [4.78, 5) is 17.0. The Morgan fingerprint density at radius 2 is 1.62 bits per heavy atom. The molecule has 0 N–H and O–H groups in total. The van der Waals surface area contributed by atoms with Gasteiger partial charge in [0.25, 0.3) is 0 Å². The van der Waals surface area contributed by atoms with Crippen LogP contribution in [-0.4, -0.2) is 54.4 Å². The van der Waals surface area contributed by atoms with Crippen LogP contribution >= 0.6 is 23.2 Å². The van der Waals surface area contributed by atoms with Crippen LogP contribution < -0.4 is 4.74 Å². The first-order chi connectivity index (χ1) is 15.5. The van der Waals surface area contributed by atoms with Gasteiger partial charge < -0.3 is 9.64 Å². The van der Waals surface area contributed by atoms with Crippen LogP contribution in [0.2, 0.25) is 10.0 Å². The highest BCUT2D eigenvalue weighted by Gasteiger charge is 2.26. The van der Waals surface area contributed by atoms with E-state index < -0.39 is 0 Å². The molecule has 2 aromatic rings. The lowest BCUT2D eigenvalue weighted by molar-refractivity contribution is 0.0772. The van der Waals surface area contributed by atoms with Crippen molar-refractivity contribution in [2.45, 2.75) is 45.3 Å². The summed E-state index contributed by atoms with van der Waals surface area (Å²) >= 11 is 12.1. The van der Waals surface area contributed by atoms with E-state index in [1.165, 1.54) is 19.4 Å². The first kappa shape index (κ1) is 23.6. The molecule has 32 heavy (non-hydrogen) atoms. The van der Waals surface area contributed by atoms with E-state index in [9.17, 15) is 4.79 Å². The minimum absolute atomic E-state index is 0.155. The van der Waals surface area contributed by atoms with Gasteiger partial charge in [0.1, 0.15) is 11.9 Å². The van der Waals surface area contributed by atoms with E-state index in [1.54, 1.807) is 19.1 Å². The van der Waals surface area contributed by atoms with E-state index in [0.717, 1.165) is 68.4 Å². The minimum atomic E-state index is 0.155. The van der Waals surface area contributed by atoms with Crippen LogP contribution in [0.5, 0.6) is 5.75 Å². The maximum Gasteiger partial charge on any atom is 0.160 e. The van der Waals surface area contributed by atoms with E-state index in [4.69, 9.17) is 27.9 Å². The van der Waals surface area contributed by atoms with Gasteiger partial charge in [-0.25, -0.2) is 0 Å². The Kier molecular flexibility index (Phi) is 8.12. The van der Waals surface area contributed by atoms with Crippen LogP contribution in [0.25, 0.3) is 0 Å². The molecule has 0 spiro atoms. The molecule has 0 radical (unpaired) electrons. The van der Waals surface area contributed by atoms with Gasteiger partial charge in [0.2, 0.25) is 0 Å². The van der Waals surface area contributed by atoms with Gasteiger partial charge in [0.15, 0.2) is 5.78 Å². The van der Waals surface area contributed by atoms with Crippen LogP contribution in [0.3, 0.4) is 0 Å². The smallest absolute Gasteiger partial charge is 0.160 e. The number of nitrogens with zero attached hydrogens (tertiary/aromatic N) is 2. The number of hydrogen-bond acceptors (Lipinski definition) is 4. The third kappa shape index (κ3) is 6.26. The molecule has 4 nitrogen and oxygen atoms in total. The number of hydrogen-bond donors (Lipinski definition) is 0. The van der Waals surface area contributed by atoms with Gasteiger partial charge in [-0.3, -0.25) is 9.69 Å². The number of carbonyl (C=O) groups excluding carboxylic acids is 1. The lowest BCUT2D eigenvalue weighted by Gasteiger charge is -2.37. The molecule has 0 atom stereocenters. The quantitative estimate of drug-likeness (QED) is 0.464. The maximum atomic E-state index is 11.9. The van der Waals surface area contributed by atoms with Crippen molar-refractivity contribution in [3.63, 3.8) is 0 Å². The second kappa shape index (κ2) is 11.0. The van der Waals surface area contributed by atoms with Crippen LogP contribution in [0.1, 0.15) is 48.5 Å². The Morgan fingerprint density at radius 1 is 0.938 bits per heavy atom. The topological polar surface area (TPSA) is 32.8 Å². The van der Waals surface area contributed by atoms with Gasteiger partial charge in [-0.15, -0.1) is 0 Å². The van der Waals surface area contributed by atoms with Crippen LogP contribution in [0.15, 0.2) is 42.5 Å². The van der Waals surface area contributed by atoms with Crippen molar-refractivity contribution in [2.75, 3.05) is 32.7 Å². The zero-order valence-electron chi connectivity index (χ0n) is 18.7. The third-order valence-electron chi connectivity index (χ3n) is 6.74. The summed E-state index contributed by atoms with van der Waals surface area (Å²) < 4.78 is 6.13. The van der Waals surface area contributed by atoms with Crippen molar-refractivity contribution in [3.05, 3.63) is 63.6 Å². The van der Waals surface area contributed by atoms with E-state index in [1.807, 2.05) is 24.3 Å². The molecule has 0 aromatic heterocycles. The standard InChI is InChI=1S/C26H32Cl2N2O2/c1-19(31)24-5-3-2-4-21(24)18-30-12-8-20(9-13-30)17-29-14-10-22(11-15-29)32-23-6-7-25(27)26(28)16-23/h2-7,16,20,22H,8-15,17-18H2,1H3. The average Bonchev–Trinajstić information content (AvgIpc) is 2.79. The number of piperidine rings is 2. The van der Waals surface area contributed by atoms with Crippen molar-refractivity contribution >= 4 is 29.0 Å². The molecule has 2 aromatic carbocycles. The van der Waals surface area contributed by atoms with Gasteiger partial charge in [-0.1, -0.05) is 47.5 Å². The summed E-state index contributed by atoms with van der Waals surface area (Å²) in [5.41, 5.74) is 2.02.